The molecule has 2 N–H and O–H groups in total. The Balaban J connectivity index is 2.14. The molecular weight excluding hydrogens is 268 g/mol. The van der Waals surface area contributed by atoms with Crippen molar-refractivity contribution in [2.45, 2.75) is 37.1 Å². The molecule has 0 saturated heterocycles. The minimum atomic E-state index is -3.36. The Morgan fingerprint density at radius 2 is 2.11 bits per heavy atom. The SMILES string of the molecule is CN(CC1CCCC1)S(=O)(=O)c1ccsc1CN. The maximum atomic E-state index is 12.4. The van der Waals surface area contributed by atoms with Crippen LogP contribution in [0, 0.1) is 5.92 Å². The van der Waals surface area contributed by atoms with Gasteiger partial charge < -0.3 is 5.73 Å². The highest BCUT2D eigenvalue weighted by atomic mass is 32.2. The van der Waals surface area contributed by atoms with Gasteiger partial charge in [-0.25, -0.2) is 12.7 Å². The lowest BCUT2D eigenvalue weighted by molar-refractivity contribution is 0.387. The van der Waals surface area contributed by atoms with Gasteiger partial charge in [-0.2, -0.15) is 0 Å². The average Bonchev–Trinajstić information content (AvgIpc) is 2.98. The van der Waals surface area contributed by atoms with Crippen molar-refractivity contribution in [2.75, 3.05) is 13.6 Å². The van der Waals surface area contributed by atoms with Crippen molar-refractivity contribution in [2.24, 2.45) is 11.7 Å². The van der Waals surface area contributed by atoms with Crippen LogP contribution in [0.5, 0.6) is 0 Å². The zero-order valence-electron chi connectivity index (χ0n) is 10.6. The molecule has 18 heavy (non-hydrogen) atoms. The zero-order valence-corrected chi connectivity index (χ0v) is 12.3. The lowest BCUT2D eigenvalue weighted by Gasteiger charge is -2.20. The fourth-order valence-electron chi connectivity index (χ4n) is 2.53. The van der Waals surface area contributed by atoms with Crippen LogP contribution in [-0.4, -0.2) is 26.3 Å². The Hall–Kier alpha value is -0.430. The van der Waals surface area contributed by atoms with Crippen LogP contribution < -0.4 is 5.73 Å². The van der Waals surface area contributed by atoms with Crippen molar-refractivity contribution >= 4 is 21.4 Å². The summed E-state index contributed by atoms with van der Waals surface area (Å²) in [6.45, 7) is 0.908. The molecule has 0 atom stereocenters. The van der Waals surface area contributed by atoms with E-state index < -0.39 is 10.0 Å². The number of sulfonamides is 1. The van der Waals surface area contributed by atoms with Crippen molar-refractivity contribution in [3.05, 3.63) is 16.3 Å². The summed E-state index contributed by atoms with van der Waals surface area (Å²) in [6, 6.07) is 1.66. The molecule has 0 amide bonds. The quantitative estimate of drug-likeness (QED) is 0.901. The van der Waals surface area contributed by atoms with Gasteiger partial charge in [0.15, 0.2) is 0 Å². The summed E-state index contributed by atoms with van der Waals surface area (Å²) in [5.41, 5.74) is 5.58. The van der Waals surface area contributed by atoms with Gasteiger partial charge in [-0.15, -0.1) is 11.3 Å². The number of hydrogen-bond acceptors (Lipinski definition) is 4. The maximum Gasteiger partial charge on any atom is 0.243 e. The average molecular weight is 288 g/mol. The summed E-state index contributed by atoms with van der Waals surface area (Å²) in [4.78, 5) is 1.13. The summed E-state index contributed by atoms with van der Waals surface area (Å²) >= 11 is 1.41. The molecule has 1 aromatic heterocycles. The maximum absolute atomic E-state index is 12.4. The largest absolute Gasteiger partial charge is 0.326 e. The van der Waals surface area contributed by atoms with Crippen molar-refractivity contribution in [3.8, 4) is 0 Å². The molecule has 6 heteroatoms. The van der Waals surface area contributed by atoms with E-state index in [0.717, 1.165) is 17.7 Å². The van der Waals surface area contributed by atoms with Crippen LogP contribution in [0.25, 0.3) is 0 Å². The number of rotatable bonds is 5. The molecular formula is C12H20N2O2S2. The number of thiophene rings is 1. The third-order valence-corrected chi connectivity index (χ3v) is 6.55. The molecule has 1 fully saturated rings. The standard InChI is InChI=1S/C12H20N2O2S2/c1-14(9-10-4-2-3-5-10)18(15,16)12-6-7-17-11(12)8-13/h6-7,10H,2-5,8-9,13H2,1H3. The number of nitrogens with two attached hydrogens (primary N) is 1. The molecule has 4 nitrogen and oxygen atoms in total. The van der Waals surface area contributed by atoms with Gasteiger partial charge >= 0.3 is 0 Å². The van der Waals surface area contributed by atoms with Crippen molar-refractivity contribution < 1.29 is 8.42 Å². The molecule has 2 rings (SSSR count). The van der Waals surface area contributed by atoms with Crippen LogP contribution in [0.4, 0.5) is 0 Å². The highest BCUT2D eigenvalue weighted by molar-refractivity contribution is 7.89. The van der Waals surface area contributed by atoms with Gasteiger partial charge in [0.2, 0.25) is 10.0 Å². The Morgan fingerprint density at radius 3 is 2.72 bits per heavy atom. The highest BCUT2D eigenvalue weighted by Gasteiger charge is 2.27. The van der Waals surface area contributed by atoms with Crippen LogP contribution in [0.15, 0.2) is 16.3 Å². The highest BCUT2D eigenvalue weighted by Crippen LogP contribution is 2.29. The molecule has 0 unspecified atom stereocenters. The Bertz CT molecular complexity index is 490. The van der Waals surface area contributed by atoms with E-state index in [1.165, 1.54) is 28.5 Å². The van der Waals surface area contributed by atoms with E-state index in [1.54, 1.807) is 18.5 Å². The van der Waals surface area contributed by atoms with Crippen LogP contribution in [-0.2, 0) is 16.6 Å². The third-order valence-electron chi connectivity index (χ3n) is 3.57. The lowest BCUT2D eigenvalue weighted by atomic mass is 10.1. The number of hydrogen-bond donors (Lipinski definition) is 1. The molecule has 1 heterocycles. The molecule has 0 bridgehead atoms. The summed E-state index contributed by atoms with van der Waals surface area (Å²) in [6.07, 6.45) is 4.75. The summed E-state index contributed by atoms with van der Waals surface area (Å²) < 4.78 is 26.4. The van der Waals surface area contributed by atoms with E-state index in [0.29, 0.717) is 17.4 Å². The fraction of sp³-hybridized carbons (Fsp3) is 0.667. The van der Waals surface area contributed by atoms with E-state index in [9.17, 15) is 8.42 Å². The van der Waals surface area contributed by atoms with Crippen molar-refractivity contribution in [3.63, 3.8) is 0 Å². The second-order valence-electron chi connectivity index (χ2n) is 4.85. The van der Waals surface area contributed by atoms with Crippen LogP contribution >= 0.6 is 11.3 Å². The molecule has 102 valence electrons. The first-order chi connectivity index (χ1) is 8.55. The van der Waals surface area contributed by atoms with Crippen molar-refractivity contribution in [1.82, 2.24) is 4.31 Å². The molecule has 0 spiro atoms. The van der Waals surface area contributed by atoms with Crippen LogP contribution in [0.3, 0.4) is 0 Å². The second-order valence-corrected chi connectivity index (χ2v) is 7.86. The molecule has 1 aliphatic rings. The van der Waals surface area contributed by atoms with Crippen LogP contribution in [0.1, 0.15) is 30.6 Å². The third kappa shape index (κ3) is 2.77. The topological polar surface area (TPSA) is 63.4 Å². The smallest absolute Gasteiger partial charge is 0.243 e. The van der Waals surface area contributed by atoms with Gasteiger partial charge in [-0.1, -0.05) is 12.8 Å². The van der Waals surface area contributed by atoms with Gasteiger partial charge in [-0.3, -0.25) is 0 Å². The first-order valence-electron chi connectivity index (χ1n) is 6.28. The van der Waals surface area contributed by atoms with E-state index in [2.05, 4.69) is 0 Å². The van der Waals surface area contributed by atoms with Gasteiger partial charge in [0.1, 0.15) is 0 Å². The molecule has 0 aromatic carbocycles. The van der Waals surface area contributed by atoms with Gasteiger partial charge in [0, 0.05) is 25.0 Å². The van der Waals surface area contributed by atoms with Gasteiger partial charge in [0.05, 0.1) is 4.90 Å². The molecule has 1 aliphatic carbocycles. The molecule has 0 aliphatic heterocycles. The normalized spacial score (nSPS) is 17.7. The number of nitrogens with zero attached hydrogens (tertiary/aromatic N) is 1. The monoisotopic (exact) mass is 288 g/mol. The minimum absolute atomic E-state index is 0.281. The van der Waals surface area contributed by atoms with E-state index in [4.69, 9.17) is 5.73 Å². The van der Waals surface area contributed by atoms with E-state index >= 15 is 0 Å². The predicted octanol–water partition coefficient (Wildman–Crippen LogP) is 2.02. The summed E-state index contributed by atoms with van der Waals surface area (Å²) in [5, 5.41) is 1.79. The fourth-order valence-corrected chi connectivity index (χ4v) is 5.08. The van der Waals surface area contributed by atoms with Gasteiger partial charge in [0.25, 0.3) is 0 Å². The lowest BCUT2D eigenvalue weighted by Crippen LogP contribution is -2.31. The molecule has 0 radical (unpaired) electrons. The summed E-state index contributed by atoms with van der Waals surface area (Å²) in [5.74, 6) is 0.518. The molecule has 1 saturated carbocycles. The second kappa shape index (κ2) is 5.69. The molecule has 1 aromatic rings. The Labute approximate surface area is 113 Å². The zero-order chi connectivity index (χ0) is 13.2. The Kier molecular flexibility index (Phi) is 4.42. The Morgan fingerprint density at radius 1 is 1.44 bits per heavy atom. The van der Waals surface area contributed by atoms with E-state index in [-0.39, 0.29) is 6.54 Å². The van der Waals surface area contributed by atoms with E-state index in [1.807, 2.05) is 0 Å². The first-order valence-corrected chi connectivity index (χ1v) is 8.60. The van der Waals surface area contributed by atoms with Gasteiger partial charge in [-0.05, 0) is 30.2 Å². The van der Waals surface area contributed by atoms with Crippen molar-refractivity contribution in [1.29, 1.82) is 0 Å². The first kappa shape index (κ1) is 14.0. The summed E-state index contributed by atoms with van der Waals surface area (Å²) in [7, 11) is -1.69. The predicted molar refractivity (Wildman–Crippen MR) is 74.0 cm³/mol. The van der Waals surface area contributed by atoms with Crippen LogP contribution in [0.2, 0.25) is 0 Å². The minimum Gasteiger partial charge on any atom is -0.326 e.